The molecule has 36 heavy (non-hydrogen) atoms. The molecule has 1 aliphatic rings. The van der Waals surface area contributed by atoms with E-state index in [1.54, 1.807) is 30.3 Å². The summed E-state index contributed by atoms with van der Waals surface area (Å²) in [5.74, 6) is 1.56. The molecule has 7 nitrogen and oxygen atoms in total. The lowest BCUT2D eigenvalue weighted by Crippen LogP contribution is -2.37. The minimum absolute atomic E-state index is 0.149. The molecule has 0 saturated carbocycles. The van der Waals surface area contributed by atoms with Crippen molar-refractivity contribution in [3.8, 4) is 11.6 Å². The lowest BCUT2D eigenvalue weighted by atomic mass is 10.1. The summed E-state index contributed by atoms with van der Waals surface area (Å²) in [5, 5.41) is 0. The van der Waals surface area contributed by atoms with Gasteiger partial charge in [0, 0.05) is 33.1 Å². The Morgan fingerprint density at radius 1 is 0.917 bits per heavy atom. The van der Waals surface area contributed by atoms with E-state index in [4.69, 9.17) is 14.7 Å². The quantitative estimate of drug-likeness (QED) is 0.357. The Morgan fingerprint density at radius 3 is 2.28 bits per heavy atom. The fraction of sp³-hybridized carbons (Fsp3) is 0.214. The lowest BCUT2D eigenvalue weighted by molar-refractivity contribution is 0.369. The van der Waals surface area contributed by atoms with Crippen molar-refractivity contribution < 1.29 is 13.2 Å². The van der Waals surface area contributed by atoms with Crippen LogP contribution in [0.3, 0.4) is 0 Å². The molecule has 5 rings (SSSR count). The first kappa shape index (κ1) is 24.0. The van der Waals surface area contributed by atoms with Crippen LogP contribution in [0.1, 0.15) is 22.4 Å². The van der Waals surface area contributed by atoms with Crippen molar-refractivity contribution in [2.24, 2.45) is 0 Å². The highest BCUT2D eigenvalue weighted by Crippen LogP contribution is 2.33. The van der Waals surface area contributed by atoms with Gasteiger partial charge >= 0.3 is 0 Å². The van der Waals surface area contributed by atoms with Crippen LogP contribution >= 0.6 is 0 Å². The molecule has 1 aromatic heterocycles. The Labute approximate surface area is 212 Å². The highest BCUT2D eigenvalue weighted by atomic mass is 32.2. The predicted molar refractivity (Wildman–Crippen MR) is 140 cm³/mol. The van der Waals surface area contributed by atoms with Crippen LogP contribution in [0.25, 0.3) is 0 Å². The standard InChI is InChI=1S/C28H28N4O3S/c1-21-13-15-23(16-14-21)35-27-25-20-32(36(33,34)24-11-7-4-8-12-24)18-17-26(25)29-28(30-27)31(2)19-22-9-5-3-6-10-22/h3-16H,17-20H2,1-2H3. The Bertz CT molecular complexity index is 1440. The van der Waals surface area contributed by atoms with E-state index in [-0.39, 0.29) is 11.4 Å². The first-order valence-corrected chi connectivity index (χ1v) is 13.3. The summed E-state index contributed by atoms with van der Waals surface area (Å²) in [6.07, 6.45) is 0.473. The van der Waals surface area contributed by atoms with Gasteiger partial charge in [-0.25, -0.2) is 13.4 Å². The van der Waals surface area contributed by atoms with Gasteiger partial charge in [0.25, 0.3) is 0 Å². The summed E-state index contributed by atoms with van der Waals surface area (Å²) in [4.78, 5) is 11.8. The summed E-state index contributed by atoms with van der Waals surface area (Å²) in [7, 11) is -1.71. The van der Waals surface area contributed by atoms with Gasteiger partial charge in [0.05, 0.1) is 16.2 Å². The molecule has 0 saturated heterocycles. The van der Waals surface area contributed by atoms with E-state index in [2.05, 4.69) is 12.1 Å². The molecule has 0 aliphatic carbocycles. The van der Waals surface area contributed by atoms with Crippen molar-refractivity contribution in [3.63, 3.8) is 0 Å². The van der Waals surface area contributed by atoms with Gasteiger partial charge in [-0.1, -0.05) is 66.2 Å². The van der Waals surface area contributed by atoms with Crippen LogP contribution in [0.2, 0.25) is 0 Å². The first-order valence-electron chi connectivity index (χ1n) is 11.8. The van der Waals surface area contributed by atoms with Crippen molar-refractivity contribution in [3.05, 3.63) is 107 Å². The number of hydrogen-bond acceptors (Lipinski definition) is 6. The van der Waals surface area contributed by atoms with Crippen LogP contribution in [-0.2, 0) is 29.5 Å². The van der Waals surface area contributed by atoms with E-state index in [0.717, 1.165) is 16.8 Å². The molecule has 8 heteroatoms. The van der Waals surface area contributed by atoms with Crippen molar-refractivity contribution in [2.75, 3.05) is 18.5 Å². The van der Waals surface area contributed by atoms with E-state index in [1.807, 2.05) is 61.3 Å². The minimum atomic E-state index is -3.66. The summed E-state index contributed by atoms with van der Waals surface area (Å²) in [6, 6.07) is 26.3. The lowest BCUT2D eigenvalue weighted by Gasteiger charge is -2.29. The molecular weight excluding hydrogens is 472 g/mol. The third-order valence-corrected chi connectivity index (χ3v) is 8.06. The molecular formula is C28H28N4O3S. The van der Waals surface area contributed by atoms with Crippen molar-refractivity contribution in [1.29, 1.82) is 0 Å². The van der Waals surface area contributed by atoms with E-state index in [1.165, 1.54) is 4.31 Å². The van der Waals surface area contributed by atoms with Gasteiger partial charge in [0.1, 0.15) is 5.75 Å². The molecule has 0 unspecified atom stereocenters. The summed E-state index contributed by atoms with van der Waals surface area (Å²) in [6.45, 7) is 3.14. The number of anilines is 1. The van der Waals surface area contributed by atoms with E-state index < -0.39 is 10.0 Å². The largest absolute Gasteiger partial charge is 0.439 e. The zero-order chi connectivity index (χ0) is 25.1. The van der Waals surface area contributed by atoms with Gasteiger partial charge in [-0.05, 0) is 36.8 Å². The Balaban J connectivity index is 1.50. The van der Waals surface area contributed by atoms with Crippen LogP contribution in [0, 0.1) is 6.92 Å². The maximum atomic E-state index is 13.3. The zero-order valence-electron chi connectivity index (χ0n) is 20.3. The zero-order valence-corrected chi connectivity index (χ0v) is 21.1. The minimum Gasteiger partial charge on any atom is -0.439 e. The van der Waals surface area contributed by atoms with Crippen LogP contribution in [-0.4, -0.2) is 36.3 Å². The van der Waals surface area contributed by atoms with Crippen molar-refractivity contribution in [2.45, 2.75) is 31.3 Å². The molecule has 0 N–H and O–H groups in total. The summed E-state index contributed by atoms with van der Waals surface area (Å²) < 4.78 is 34.4. The number of ether oxygens (including phenoxy) is 1. The van der Waals surface area contributed by atoms with E-state index in [0.29, 0.717) is 42.7 Å². The van der Waals surface area contributed by atoms with Gasteiger partial charge in [0.15, 0.2) is 0 Å². The third-order valence-electron chi connectivity index (χ3n) is 6.20. The van der Waals surface area contributed by atoms with Crippen LogP contribution in [0.15, 0.2) is 89.8 Å². The smallest absolute Gasteiger partial charge is 0.243 e. The molecule has 0 radical (unpaired) electrons. The number of fused-ring (bicyclic) bond motifs is 1. The van der Waals surface area contributed by atoms with E-state index >= 15 is 0 Å². The maximum Gasteiger partial charge on any atom is 0.243 e. The molecule has 0 spiro atoms. The number of benzene rings is 3. The van der Waals surface area contributed by atoms with Crippen LogP contribution < -0.4 is 9.64 Å². The highest BCUT2D eigenvalue weighted by Gasteiger charge is 2.32. The predicted octanol–water partition coefficient (Wildman–Crippen LogP) is 4.96. The van der Waals surface area contributed by atoms with Gasteiger partial charge in [-0.2, -0.15) is 9.29 Å². The summed E-state index contributed by atoms with van der Waals surface area (Å²) in [5.41, 5.74) is 3.76. The van der Waals surface area contributed by atoms with Gasteiger partial charge in [-0.15, -0.1) is 0 Å². The fourth-order valence-electron chi connectivity index (χ4n) is 4.19. The average molecular weight is 501 g/mol. The Hall–Kier alpha value is -3.75. The van der Waals surface area contributed by atoms with Gasteiger partial charge < -0.3 is 9.64 Å². The molecule has 0 atom stereocenters. The molecule has 2 heterocycles. The van der Waals surface area contributed by atoms with Crippen LogP contribution in [0.5, 0.6) is 11.6 Å². The monoisotopic (exact) mass is 500 g/mol. The number of sulfonamides is 1. The molecule has 3 aromatic carbocycles. The van der Waals surface area contributed by atoms with Gasteiger partial charge in [0.2, 0.25) is 21.9 Å². The summed E-state index contributed by atoms with van der Waals surface area (Å²) >= 11 is 0. The average Bonchev–Trinajstić information content (AvgIpc) is 2.90. The number of hydrogen-bond donors (Lipinski definition) is 0. The Kier molecular flexibility index (Phi) is 6.71. The molecule has 0 bridgehead atoms. The SMILES string of the molecule is Cc1ccc(Oc2nc(N(C)Cc3ccccc3)nc3c2CN(S(=O)(=O)c2ccccc2)CC3)cc1. The molecule has 0 fully saturated rings. The van der Waals surface area contributed by atoms with Crippen molar-refractivity contribution >= 4 is 16.0 Å². The van der Waals surface area contributed by atoms with Crippen molar-refractivity contribution in [1.82, 2.24) is 14.3 Å². The highest BCUT2D eigenvalue weighted by molar-refractivity contribution is 7.89. The second kappa shape index (κ2) is 10.1. The van der Waals surface area contributed by atoms with Gasteiger partial charge in [-0.3, -0.25) is 0 Å². The maximum absolute atomic E-state index is 13.3. The first-order chi connectivity index (χ1) is 17.4. The topological polar surface area (TPSA) is 75.6 Å². The second-order valence-electron chi connectivity index (χ2n) is 8.91. The fourth-order valence-corrected chi connectivity index (χ4v) is 5.62. The number of rotatable bonds is 7. The van der Waals surface area contributed by atoms with E-state index in [9.17, 15) is 8.42 Å². The number of aromatic nitrogens is 2. The molecule has 1 aliphatic heterocycles. The molecule has 4 aromatic rings. The number of nitrogens with zero attached hydrogens (tertiary/aromatic N) is 4. The van der Waals surface area contributed by atoms with Crippen LogP contribution in [0.4, 0.5) is 5.95 Å². The normalized spacial score (nSPS) is 13.7. The molecule has 0 amide bonds. The number of aryl methyl sites for hydroxylation is 1. The molecule has 184 valence electrons. The third kappa shape index (κ3) is 5.10. The second-order valence-corrected chi connectivity index (χ2v) is 10.9. The Morgan fingerprint density at radius 2 is 1.58 bits per heavy atom.